The predicted octanol–water partition coefficient (Wildman–Crippen LogP) is 4.09. The molecule has 1 unspecified atom stereocenters. The number of hydrogen-bond acceptors (Lipinski definition) is 11. The Morgan fingerprint density at radius 1 is 1.12 bits per heavy atom. The number of ether oxygens (including phenoxy) is 4. The molecule has 1 aromatic heterocycles. The van der Waals surface area contributed by atoms with Crippen LogP contribution in [0.5, 0.6) is 11.6 Å². The second-order valence-electron chi connectivity index (χ2n) is 17.1. The molecule has 1 aromatic carbocycles. The van der Waals surface area contributed by atoms with Crippen LogP contribution in [0.1, 0.15) is 78.6 Å². The highest BCUT2D eigenvalue weighted by Gasteiger charge is 2.64. The minimum absolute atomic E-state index is 0.0154. The second kappa shape index (κ2) is 16.3. The summed E-state index contributed by atoms with van der Waals surface area (Å²) >= 11 is 0. The Kier molecular flexibility index (Phi) is 11.7. The lowest BCUT2D eigenvalue weighted by Crippen LogP contribution is -2.59. The van der Waals surface area contributed by atoms with Gasteiger partial charge in [-0.1, -0.05) is 44.2 Å². The first kappa shape index (κ1) is 41.6. The fourth-order valence-corrected chi connectivity index (χ4v) is 10.1. The molecule has 0 bridgehead atoms. The van der Waals surface area contributed by atoms with E-state index in [2.05, 4.69) is 27.3 Å². The molecule has 2 saturated carbocycles. The summed E-state index contributed by atoms with van der Waals surface area (Å²) < 4.78 is 64.2. The van der Waals surface area contributed by atoms with E-state index in [0.29, 0.717) is 43.4 Å². The summed E-state index contributed by atoms with van der Waals surface area (Å²) in [4.78, 5) is 62.9. The Morgan fingerprint density at radius 3 is 2.57 bits per heavy atom. The SMILES string of the molecule is COc1cnc(O[C@@H]2C[C@H]3C(=O)N[C@]4(C(=O)NS(=O)(=O)C5(CF)CC5)C[C@H]4/C=C\CC[C@@H](C)C[C@@H](C)[C@H](NC(=O)OC4(C)CCCOC4)C(=O)N3C2)c2ccccc12. The lowest BCUT2D eigenvalue weighted by atomic mass is 9.88. The van der Waals surface area contributed by atoms with E-state index >= 15 is 0 Å². The highest BCUT2D eigenvalue weighted by atomic mass is 32.2. The maximum atomic E-state index is 14.9. The van der Waals surface area contributed by atoms with Crippen molar-refractivity contribution in [1.29, 1.82) is 0 Å². The molecule has 0 radical (unpaired) electrons. The molecule has 4 amide bonds. The van der Waals surface area contributed by atoms with Gasteiger partial charge in [-0.2, -0.15) is 0 Å². The number of pyridine rings is 1. The molecular weight excluding hydrogens is 774 g/mol. The van der Waals surface area contributed by atoms with Crippen molar-refractivity contribution in [3.8, 4) is 11.6 Å². The molecule has 3 aliphatic heterocycles. The van der Waals surface area contributed by atoms with Gasteiger partial charge in [0.2, 0.25) is 27.7 Å². The van der Waals surface area contributed by atoms with Crippen LogP contribution in [0, 0.1) is 17.8 Å². The summed E-state index contributed by atoms with van der Waals surface area (Å²) in [5.74, 6) is -2.24. The highest BCUT2D eigenvalue weighted by Crippen LogP contribution is 2.48. The van der Waals surface area contributed by atoms with E-state index in [4.69, 9.17) is 18.9 Å². The van der Waals surface area contributed by atoms with Gasteiger partial charge in [-0.25, -0.2) is 22.6 Å². The van der Waals surface area contributed by atoms with Crippen LogP contribution in [0.15, 0.2) is 42.6 Å². The number of rotatable bonds is 9. The Morgan fingerprint density at radius 2 is 1.88 bits per heavy atom. The van der Waals surface area contributed by atoms with Crippen LogP contribution in [0.2, 0.25) is 0 Å². The molecule has 2 aliphatic carbocycles. The van der Waals surface area contributed by atoms with Crippen LogP contribution in [0.25, 0.3) is 10.8 Å². The summed E-state index contributed by atoms with van der Waals surface area (Å²) in [5, 5.41) is 7.08. The third-order valence-corrected chi connectivity index (χ3v) is 14.6. The van der Waals surface area contributed by atoms with Gasteiger partial charge < -0.3 is 34.5 Å². The minimum Gasteiger partial charge on any atom is -0.494 e. The molecule has 0 spiro atoms. The number of sulfonamides is 1. The summed E-state index contributed by atoms with van der Waals surface area (Å²) in [6, 6.07) is 5.06. The molecular formula is C41H54FN5O10S. The van der Waals surface area contributed by atoms with Crippen LogP contribution >= 0.6 is 0 Å². The molecule has 3 N–H and O–H groups in total. The number of nitrogens with zero attached hydrogens (tertiary/aromatic N) is 2. The summed E-state index contributed by atoms with van der Waals surface area (Å²) in [6.07, 6.45) is 7.16. The number of nitrogens with one attached hydrogen (secondary N) is 3. The molecule has 4 heterocycles. The van der Waals surface area contributed by atoms with E-state index in [9.17, 15) is 32.0 Å². The maximum Gasteiger partial charge on any atom is 0.408 e. The molecule has 4 fully saturated rings. The molecule has 2 aromatic rings. The molecule has 316 valence electrons. The van der Waals surface area contributed by atoms with Crippen LogP contribution < -0.4 is 24.8 Å². The van der Waals surface area contributed by atoms with Gasteiger partial charge in [0.25, 0.3) is 5.91 Å². The number of carbonyl (C=O) groups is 4. The van der Waals surface area contributed by atoms with Gasteiger partial charge >= 0.3 is 6.09 Å². The first-order chi connectivity index (χ1) is 27.6. The molecule has 15 nitrogen and oxygen atoms in total. The number of alkyl carbamates (subject to hydrolysis) is 1. The van der Waals surface area contributed by atoms with Gasteiger partial charge in [-0.05, 0) is 76.2 Å². The zero-order valence-electron chi connectivity index (χ0n) is 33.5. The van der Waals surface area contributed by atoms with E-state index in [1.54, 1.807) is 6.92 Å². The number of halogens is 1. The van der Waals surface area contributed by atoms with E-state index < -0.39 is 86.4 Å². The molecule has 8 atom stereocenters. The standard InChI is InChI=1S/C41H54FN5O10S/c1-25-10-5-6-11-27-20-41(27,37(50)46-58(52,53)40(23-42)15-16-40)45-34(48)31-19-28(56-35-30-13-8-7-12-29(30)32(54-4)21-43-35)22-47(31)36(49)33(26(2)18-25)44-38(51)57-39(3)14-9-17-55-24-39/h6-8,11-13,21,25-28,31,33H,5,9-10,14-20,22-24H2,1-4H3,(H,44,51)(H,45,48)(H,46,50)/b11-6-/t25-,26-,27-,28-,31+,33+,39?,41-/m1/s1. The fourth-order valence-electron chi connectivity index (χ4n) is 8.68. The van der Waals surface area contributed by atoms with Crippen molar-refractivity contribution >= 4 is 44.6 Å². The monoisotopic (exact) mass is 827 g/mol. The van der Waals surface area contributed by atoms with Gasteiger partial charge in [0.1, 0.15) is 46.5 Å². The fraction of sp³-hybridized carbons (Fsp3) is 0.634. The number of aromatic nitrogens is 1. The average molecular weight is 828 g/mol. The van der Waals surface area contributed by atoms with Crippen molar-refractivity contribution in [1.82, 2.24) is 25.2 Å². The Bertz CT molecular complexity index is 2060. The smallest absolute Gasteiger partial charge is 0.408 e. The Hall–Kier alpha value is -4.51. The summed E-state index contributed by atoms with van der Waals surface area (Å²) in [5.41, 5.74) is -2.55. The summed E-state index contributed by atoms with van der Waals surface area (Å²) in [7, 11) is -2.86. The zero-order valence-corrected chi connectivity index (χ0v) is 34.3. The van der Waals surface area contributed by atoms with Gasteiger partial charge in [0.15, 0.2) is 0 Å². The second-order valence-corrected chi connectivity index (χ2v) is 19.2. The van der Waals surface area contributed by atoms with Crippen LogP contribution in [-0.4, -0.2) is 110 Å². The number of carbonyl (C=O) groups excluding carboxylic acids is 4. The number of alkyl halides is 1. The normalized spacial score (nSPS) is 32.9. The maximum absolute atomic E-state index is 14.9. The highest BCUT2D eigenvalue weighted by molar-refractivity contribution is 7.91. The molecule has 58 heavy (non-hydrogen) atoms. The first-order valence-corrected chi connectivity index (χ1v) is 21.7. The number of benzene rings is 1. The predicted molar refractivity (Wildman–Crippen MR) is 210 cm³/mol. The average Bonchev–Trinajstić information content (AvgIpc) is 4.10. The molecule has 2 saturated heterocycles. The van der Waals surface area contributed by atoms with Crippen molar-refractivity contribution in [3.05, 3.63) is 42.6 Å². The zero-order chi connectivity index (χ0) is 41.5. The number of allylic oxidation sites excluding steroid dienone is 1. The Labute approximate surface area is 338 Å². The number of fused-ring (bicyclic) bond motifs is 3. The van der Waals surface area contributed by atoms with Crippen LogP contribution in [-0.2, 0) is 33.9 Å². The van der Waals surface area contributed by atoms with Crippen molar-refractivity contribution < 1.29 is 50.9 Å². The van der Waals surface area contributed by atoms with Crippen molar-refractivity contribution in [2.45, 2.75) is 113 Å². The van der Waals surface area contributed by atoms with Crippen molar-refractivity contribution in [3.63, 3.8) is 0 Å². The van der Waals surface area contributed by atoms with E-state index in [1.165, 1.54) is 18.2 Å². The van der Waals surface area contributed by atoms with Crippen LogP contribution in [0.4, 0.5) is 9.18 Å². The van der Waals surface area contributed by atoms with Gasteiger partial charge in [-0.15, -0.1) is 0 Å². The van der Waals surface area contributed by atoms with Gasteiger partial charge in [-0.3, -0.25) is 19.1 Å². The van der Waals surface area contributed by atoms with Crippen molar-refractivity contribution in [2.75, 3.05) is 33.5 Å². The third-order valence-electron chi connectivity index (χ3n) is 12.5. The van der Waals surface area contributed by atoms with E-state index in [0.717, 1.165) is 11.8 Å². The lowest BCUT2D eigenvalue weighted by molar-refractivity contribution is -0.142. The molecule has 17 heteroatoms. The minimum atomic E-state index is -4.39. The molecule has 7 rings (SSSR count). The van der Waals surface area contributed by atoms with E-state index in [-0.39, 0.29) is 50.6 Å². The van der Waals surface area contributed by atoms with E-state index in [1.807, 2.05) is 43.3 Å². The Balaban J connectivity index is 1.21. The first-order valence-electron chi connectivity index (χ1n) is 20.2. The molecule has 5 aliphatic rings. The topological polar surface area (TPSA) is 192 Å². The quantitative estimate of drug-likeness (QED) is 0.309. The number of methoxy groups -OCH3 is 1. The number of amides is 4. The third kappa shape index (κ3) is 8.34. The van der Waals surface area contributed by atoms with Gasteiger partial charge in [0.05, 0.1) is 26.5 Å². The number of hydrogen-bond donors (Lipinski definition) is 3. The lowest BCUT2D eigenvalue weighted by Gasteiger charge is -2.35. The van der Waals surface area contributed by atoms with Crippen molar-refractivity contribution in [2.24, 2.45) is 17.8 Å². The largest absolute Gasteiger partial charge is 0.494 e. The van der Waals surface area contributed by atoms with Gasteiger partial charge in [0, 0.05) is 29.7 Å². The van der Waals surface area contributed by atoms with Crippen LogP contribution in [0.3, 0.4) is 0 Å². The summed E-state index contributed by atoms with van der Waals surface area (Å²) in [6.45, 7) is 5.29.